The minimum atomic E-state index is -0.0671. The van der Waals surface area contributed by atoms with Crippen molar-refractivity contribution in [3.05, 3.63) is 62.9 Å². The summed E-state index contributed by atoms with van der Waals surface area (Å²) in [5.74, 6) is 0.847. The minimum Gasteiger partial charge on any atom is -0.483 e. The van der Waals surface area contributed by atoms with Gasteiger partial charge in [0.2, 0.25) is 5.91 Å². The van der Waals surface area contributed by atoms with E-state index in [9.17, 15) is 4.79 Å². The monoisotopic (exact) mass is 492 g/mol. The van der Waals surface area contributed by atoms with Crippen molar-refractivity contribution in [2.45, 2.75) is 51.7 Å². The second kappa shape index (κ2) is 8.40. The van der Waals surface area contributed by atoms with Gasteiger partial charge in [0.25, 0.3) is 0 Å². The Bertz CT molecular complexity index is 1440. The third kappa shape index (κ3) is 3.67. The molecule has 4 heterocycles. The lowest BCUT2D eigenvalue weighted by Gasteiger charge is -2.17. The molecule has 1 amide bonds. The van der Waals surface area contributed by atoms with Crippen LogP contribution < -0.4 is 10.1 Å². The molecule has 0 bridgehead atoms. The third-order valence-electron chi connectivity index (χ3n) is 6.73. The lowest BCUT2D eigenvalue weighted by molar-refractivity contribution is -0.119. The molecule has 0 spiro atoms. The molecule has 3 aromatic heterocycles. The van der Waals surface area contributed by atoms with Gasteiger partial charge in [-0.1, -0.05) is 11.6 Å². The first kappa shape index (κ1) is 21.6. The van der Waals surface area contributed by atoms with Crippen molar-refractivity contribution < 1.29 is 9.53 Å². The zero-order valence-electron chi connectivity index (χ0n) is 19.2. The standard InChI is InChI=1S/C26H25ClN4O2S/c1-14(32)29-13-17-12-22-26(34-17)18(7-8-28-22)20-11-16(27)9-15-10-23(33-25(15)20)24-19-5-3-4-6-21(19)30-31(24)2/h7-9,11-12,23H,3-6,10,13H2,1-2H3,(H,29,32)/t23-/m1/s1. The van der Waals surface area contributed by atoms with E-state index in [1.165, 1.54) is 36.7 Å². The van der Waals surface area contributed by atoms with Gasteiger partial charge in [0.15, 0.2) is 0 Å². The molecule has 0 saturated carbocycles. The molecule has 0 saturated heterocycles. The van der Waals surface area contributed by atoms with E-state index in [0.29, 0.717) is 11.6 Å². The van der Waals surface area contributed by atoms with E-state index in [2.05, 4.69) is 10.3 Å². The number of nitrogens with one attached hydrogen (secondary N) is 1. The predicted molar refractivity (Wildman–Crippen MR) is 135 cm³/mol. The van der Waals surface area contributed by atoms with E-state index in [0.717, 1.165) is 56.8 Å². The molecule has 8 heteroatoms. The summed E-state index contributed by atoms with van der Waals surface area (Å²) >= 11 is 8.25. The average molecular weight is 493 g/mol. The van der Waals surface area contributed by atoms with Crippen LogP contribution in [0, 0.1) is 0 Å². The fourth-order valence-electron chi connectivity index (χ4n) is 5.28. The largest absolute Gasteiger partial charge is 0.483 e. The van der Waals surface area contributed by atoms with Gasteiger partial charge >= 0.3 is 0 Å². The summed E-state index contributed by atoms with van der Waals surface area (Å²) in [4.78, 5) is 17.0. The molecule has 1 aromatic carbocycles. The number of benzene rings is 1. The number of amides is 1. The molecule has 1 N–H and O–H groups in total. The molecule has 6 rings (SSSR count). The highest BCUT2D eigenvalue weighted by atomic mass is 35.5. The number of pyridine rings is 1. The van der Waals surface area contributed by atoms with E-state index in [4.69, 9.17) is 21.4 Å². The van der Waals surface area contributed by atoms with Crippen LogP contribution in [0.25, 0.3) is 21.3 Å². The lowest BCUT2D eigenvalue weighted by Crippen LogP contribution is -2.17. The highest BCUT2D eigenvalue weighted by molar-refractivity contribution is 7.19. The van der Waals surface area contributed by atoms with Crippen LogP contribution in [0.15, 0.2) is 30.5 Å². The van der Waals surface area contributed by atoms with Gasteiger partial charge in [0.05, 0.1) is 28.1 Å². The van der Waals surface area contributed by atoms with E-state index in [-0.39, 0.29) is 12.0 Å². The van der Waals surface area contributed by atoms with Gasteiger partial charge in [0.1, 0.15) is 11.9 Å². The van der Waals surface area contributed by atoms with Crippen molar-refractivity contribution >= 4 is 39.1 Å². The van der Waals surface area contributed by atoms with Crippen LogP contribution in [-0.2, 0) is 37.6 Å². The highest BCUT2D eigenvalue weighted by Gasteiger charge is 2.34. The smallest absolute Gasteiger partial charge is 0.217 e. The molecule has 2 aliphatic rings. The maximum absolute atomic E-state index is 11.4. The van der Waals surface area contributed by atoms with Gasteiger partial charge in [-0.15, -0.1) is 11.3 Å². The fourth-order valence-corrected chi connectivity index (χ4v) is 6.61. The molecule has 1 aliphatic carbocycles. The summed E-state index contributed by atoms with van der Waals surface area (Å²) in [5.41, 5.74) is 7.86. The lowest BCUT2D eigenvalue weighted by atomic mass is 9.93. The molecule has 0 radical (unpaired) electrons. The first-order valence-corrected chi connectivity index (χ1v) is 12.8. The molecule has 4 aromatic rings. The number of halogens is 1. The van der Waals surface area contributed by atoms with Crippen LogP contribution in [0.1, 0.15) is 53.3 Å². The molecule has 174 valence electrons. The minimum absolute atomic E-state index is 0.0462. The first-order valence-electron chi connectivity index (χ1n) is 11.6. The Kier molecular flexibility index (Phi) is 5.34. The van der Waals surface area contributed by atoms with E-state index < -0.39 is 0 Å². The number of carbonyl (C=O) groups excluding carboxylic acids is 1. The summed E-state index contributed by atoms with van der Waals surface area (Å²) in [5, 5.41) is 8.38. The van der Waals surface area contributed by atoms with Gasteiger partial charge in [-0.05, 0) is 49.9 Å². The number of thiophene rings is 1. The number of hydrogen-bond acceptors (Lipinski definition) is 5. The molecule has 34 heavy (non-hydrogen) atoms. The van der Waals surface area contributed by atoms with Crippen LogP contribution >= 0.6 is 22.9 Å². The van der Waals surface area contributed by atoms with Crippen LogP contribution in [-0.4, -0.2) is 20.7 Å². The van der Waals surface area contributed by atoms with Gasteiger partial charge in [-0.2, -0.15) is 5.10 Å². The van der Waals surface area contributed by atoms with Crippen LogP contribution in [0.3, 0.4) is 0 Å². The number of hydrogen-bond donors (Lipinski definition) is 1. The molecule has 0 fully saturated rings. The molecule has 1 atom stereocenters. The van der Waals surface area contributed by atoms with Crippen LogP contribution in [0.4, 0.5) is 0 Å². The van der Waals surface area contributed by atoms with Crippen molar-refractivity contribution in [3.63, 3.8) is 0 Å². The number of carbonyl (C=O) groups is 1. The van der Waals surface area contributed by atoms with Crippen molar-refractivity contribution in [1.29, 1.82) is 0 Å². The predicted octanol–water partition coefficient (Wildman–Crippen LogP) is 5.54. The van der Waals surface area contributed by atoms with Crippen molar-refractivity contribution in [2.75, 3.05) is 0 Å². The topological polar surface area (TPSA) is 69.0 Å². The van der Waals surface area contributed by atoms with Crippen molar-refractivity contribution in [3.8, 4) is 16.9 Å². The number of aromatic nitrogens is 3. The molecular formula is C26H25ClN4O2S. The summed E-state index contributed by atoms with van der Waals surface area (Å²) in [7, 11) is 2.03. The van der Waals surface area contributed by atoms with E-state index in [1.54, 1.807) is 11.3 Å². The van der Waals surface area contributed by atoms with Gasteiger partial charge in [0, 0.05) is 58.7 Å². The normalized spacial score (nSPS) is 16.9. The Balaban J connectivity index is 1.41. The Morgan fingerprint density at radius 3 is 2.97 bits per heavy atom. The maximum atomic E-state index is 11.4. The molecule has 0 unspecified atom stereocenters. The van der Waals surface area contributed by atoms with Crippen LogP contribution in [0.5, 0.6) is 5.75 Å². The first-order chi connectivity index (χ1) is 16.5. The van der Waals surface area contributed by atoms with Gasteiger partial charge in [-0.3, -0.25) is 14.5 Å². The maximum Gasteiger partial charge on any atom is 0.217 e. The third-order valence-corrected chi connectivity index (χ3v) is 8.11. The second-order valence-electron chi connectivity index (χ2n) is 9.09. The average Bonchev–Trinajstić information content (AvgIpc) is 3.50. The SMILES string of the molecule is CC(=O)NCc1cc2nccc(-c3cc(Cl)cc4c3O[C@@H](c3c5c(nn3C)CCCC5)C4)c2s1. The van der Waals surface area contributed by atoms with Crippen LogP contribution in [0.2, 0.25) is 5.02 Å². The van der Waals surface area contributed by atoms with Gasteiger partial charge in [-0.25, -0.2) is 0 Å². The fraction of sp³-hybridized carbons (Fsp3) is 0.346. The summed E-state index contributed by atoms with van der Waals surface area (Å²) in [6.07, 6.45) is 7.07. The van der Waals surface area contributed by atoms with Crippen molar-refractivity contribution in [2.24, 2.45) is 7.05 Å². The van der Waals surface area contributed by atoms with Crippen molar-refractivity contribution in [1.82, 2.24) is 20.1 Å². The zero-order chi connectivity index (χ0) is 23.4. The Morgan fingerprint density at radius 2 is 2.12 bits per heavy atom. The number of nitrogens with zero attached hydrogens (tertiary/aromatic N) is 3. The Labute approximate surface area is 206 Å². The Morgan fingerprint density at radius 1 is 1.26 bits per heavy atom. The van der Waals surface area contributed by atoms with Gasteiger partial charge < -0.3 is 10.1 Å². The summed E-state index contributed by atoms with van der Waals surface area (Å²) in [6.45, 7) is 2.02. The van der Waals surface area contributed by atoms with E-state index in [1.807, 2.05) is 42.2 Å². The number of fused-ring (bicyclic) bond motifs is 3. The molecule has 1 aliphatic heterocycles. The molecular weight excluding hydrogens is 468 g/mol. The number of rotatable bonds is 4. The summed E-state index contributed by atoms with van der Waals surface area (Å²) < 4.78 is 9.77. The number of ether oxygens (including phenoxy) is 1. The Hall–Kier alpha value is -2.90. The number of aryl methyl sites for hydroxylation is 2. The zero-order valence-corrected chi connectivity index (χ0v) is 20.7. The summed E-state index contributed by atoms with van der Waals surface area (Å²) in [6, 6.07) is 8.08. The quantitative estimate of drug-likeness (QED) is 0.406. The second-order valence-corrected chi connectivity index (χ2v) is 10.7. The molecule has 6 nitrogen and oxygen atoms in total. The van der Waals surface area contributed by atoms with E-state index >= 15 is 0 Å². The highest BCUT2D eigenvalue weighted by Crippen LogP contribution is 2.48.